The Bertz CT molecular complexity index is 468. The third kappa shape index (κ3) is 6.27. The van der Waals surface area contributed by atoms with Gasteiger partial charge in [0.05, 0.1) is 13.2 Å². The van der Waals surface area contributed by atoms with Crippen molar-refractivity contribution in [3.63, 3.8) is 0 Å². The molecule has 0 aliphatic rings. The normalized spacial score (nSPS) is 12.1. The lowest BCUT2D eigenvalue weighted by Crippen LogP contribution is -2.37. The lowest BCUT2D eigenvalue weighted by Gasteiger charge is -2.18. The summed E-state index contributed by atoms with van der Waals surface area (Å²) in [5.41, 5.74) is 0.825. The summed E-state index contributed by atoms with van der Waals surface area (Å²) in [6.45, 7) is 3.76. The molecule has 1 rings (SSSR count). The van der Waals surface area contributed by atoms with Gasteiger partial charge in [-0.1, -0.05) is 6.07 Å². The molecule has 118 valence electrons. The van der Waals surface area contributed by atoms with E-state index in [2.05, 4.69) is 15.5 Å². The smallest absolute Gasteiger partial charge is 0.166 e. The van der Waals surface area contributed by atoms with Crippen molar-refractivity contribution in [2.24, 2.45) is 0 Å². The van der Waals surface area contributed by atoms with Crippen LogP contribution in [0.25, 0.3) is 0 Å². The highest BCUT2D eigenvalue weighted by Gasteiger charge is 2.10. The zero-order valence-corrected chi connectivity index (χ0v) is 13.9. The fourth-order valence-corrected chi connectivity index (χ4v) is 2.16. The highest BCUT2D eigenvalue weighted by Crippen LogP contribution is 2.21. The number of halogens is 1. The van der Waals surface area contributed by atoms with Crippen LogP contribution in [0, 0.1) is 5.82 Å². The summed E-state index contributed by atoms with van der Waals surface area (Å²) in [7, 11) is 5.53. The Kier molecular flexibility index (Phi) is 7.39. The van der Waals surface area contributed by atoms with Gasteiger partial charge in [-0.05, 0) is 63.9 Å². The molecule has 1 aromatic rings. The molecule has 0 saturated heterocycles. The SMILES string of the molecule is COc1ccc([C@@H](C)NC(=S)NCCCN(C)C)cc1F. The van der Waals surface area contributed by atoms with Crippen LogP contribution in [0.2, 0.25) is 0 Å². The van der Waals surface area contributed by atoms with Gasteiger partial charge in [0, 0.05) is 6.54 Å². The van der Waals surface area contributed by atoms with E-state index < -0.39 is 0 Å². The van der Waals surface area contributed by atoms with Crippen molar-refractivity contribution < 1.29 is 9.13 Å². The average molecular weight is 313 g/mol. The number of benzene rings is 1. The van der Waals surface area contributed by atoms with Crippen LogP contribution in [-0.2, 0) is 0 Å². The molecular weight excluding hydrogens is 289 g/mol. The van der Waals surface area contributed by atoms with Crippen LogP contribution in [-0.4, -0.2) is 44.3 Å². The summed E-state index contributed by atoms with van der Waals surface area (Å²) < 4.78 is 18.6. The van der Waals surface area contributed by atoms with Gasteiger partial charge in [-0.25, -0.2) is 4.39 Å². The van der Waals surface area contributed by atoms with Crippen LogP contribution >= 0.6 is 12.2 Å². The summed E-state index contributed by atoms with van der Waals surface area (Å²) in [5.74, 6) is -0.121. The van der Waals surface area contributed by atoms with Crippen molar-refractivity contribution in [2.45, 2.75) is 19.4 Å². The summed E-state index contributed by atoms with van der Waals surface area (Å²) >= 11 is 5.24. The zero-order chi connectivity index (χ0) is 15.8. The van der Waals surface area contributed by atoms with E-state index in [0.29, 0.717) is 5.11 Å². The third-order valence-corrected chi connectivity index (χ3v) is 3.35. The average Bonchev–Trinajstić information content (AvgIpc) is 2.43. The number of nitrogens with zero attached hydrogens (tertiary/aromatic N) is 1. The monoisotopic (exact) mass is 313 g/mol. The van der Waals surface area contributed by atoms with Crippen molar-refractivity contribution in [3.05, 3.63) is 29.6 Å². The Labute approximate surface area is 131 Å². The molecule has 4 nitrogen and oxygen atoms in total. The molecule has 0 fully saturated rings. The largest absolute Gasteiger partial charge is 0.494 e. The summed E-state index contributed by atoms with van der Waals surface area (Å²) in [6.07, 6.45) is 1.01. The van der Waals surface area contributed by atoms with Crippen LogP contribution in [0.5, 0.6) is 5.75 Å². The van der Waals surface area contributed by atoms with E-state index in [-0.39, 0.29) is 17.6 Å². The first-order valence-corrected chi connectivity index (χ1v) is 7.37. The molecule has 21 heavy (non-hydrogen) atoms. The Morgan fingerprint density at radius 3 is 2.71 bits per heavy atom. The van der Waals surface area contributed by atoms with Gasteiger partial charge >= 0.3 is 0 Å². The van der Waals surface area contributed by atoms with Crippen molar-refractivity contribution >= 4 is 17.3 Å². The van der Waals surface area contributed by atoms with Crippen LogP contribution in [0.1, 0.15) is 24.9 Å². The predicted molar refractivity (Wildman–Crippen MR) is 88.3 cm³/mol. The highest BCUT2D eigenvalue weighted by molar-refractivity contribution is 7.80. The summed E-state index contributed by atoms with van der Waals surface area (Å²) in [4.78, 5) is 2.13. The molecule has 0 saturated carbocycles. The van der Waals surface area contributed by atoms with Crippen LogP contribution in [0.15, 0.2) is 18.2 Å². The molecule has 0 aromatic heterocycles. The molecule has 0 aliphatic heterocycles. The molecule has 6 heteroatoms. The van der Waals surface area contributed by atoms with Gasteiger partial charge in [0.15, 0.2) is 16.7 Å². The first-order chi connectivity index (χ1) is 9.93. The minimum absolute atomic E-state index is 0.0701. The van der Waals surface area contributed by atoms with E-state index in [0.717, 1.165) is 25.1 Å². The fourth-order valence-electron chi connectivity index (χ4n) is 1.88. The molecule has 0 unspecified atom stereocenters. The highest BCUT2D eigenvalue weighted by atomic mass is 32.1. The van der Waals surface area contributed by atoms with E-state index in [1.807, 2.05) is 27.1 Å². The van der Waals surface area contributed by atoms with Gasteiger partial charge < -0.3 is 20.3 Å². The van der Waals surface area contributed by atoms with Crippen LogP contribution in [0.3, 0.4) is 0 Å². The summed E-state index contributed by atoms with van der Waals surface area (Å²) in [5, 5.41) is 6.88. The van der Waals surface area contributed by atoms with E-state index in [1.54, 1.807) is 6.07 Å². The molecule has 0 heterocycles. The van der Waals surface area contributed by atoms with E-state index in [1.165, 1.54) is 13.2 Å². The number of methoxy groups -OCH3 is 1. The standard InChI is InChI=1S/C15H24FN3OS/c1-11(12-6-7-14(20-4)13(16)10-12)18-15(21)17-8-5-9-19(2)3/h6-7,10-11H,5,8-9H2,1-4H3,(H2,17,18,21)/t11-/m1/s1. The van der Waals surface area contributed by atoms with Gasteiger partial charge in [-0.2, -0.15) is 0 Å². The number of hydrogen-bond donors (Lipinski definition) is 2. The van der Waals surface area contributed by atoms with E-state index in [4.69, 9.17) is 17.0 Å². The predicted octanol–water partition coefficient (Wildman–Crippen LogP) is 2.31. The Morgan fingerprint density at radius 2 is 2.14 bits per heavy atom. The van der Waals surface area contributed by atoms with Gasteiger partial charge in [0.2, 0.25) is 0 Å². The number of hydrogen-bond acceptors (Lipinski definition) is 3. The lowest BCUT2D eigenvalue weighted by atomic mass is 10.1. The lowest BCUT2D eigenvalue weighted by molar-refractivity contribution is 0.386. The molecule has 0 bridgehead atoms. The van der Waals surface area contributed by atoms with Gasteiger partial charge in [-0.15, -0.1) is 0 Å². The minimum Gasteiger partial charge on any atom is -0.494 e. The topological polar surface area (TPSA) is 36.5 Å². The number of thiocarbonyl (C=S) groups is 1. The van der Waals surface area contributed by atoms with Crippen molar-refractivity contribution in [1.29, 1.82) is 0 Å². The van der Waals surface area contributed by atoms with Crippen molar-refractivity contribution in [1.82, 2.24) is 15.5 Å². The van der Waals surface area contributed by atoms with Gasteiger partial charge in [0.1, 0.15) is 0 Å². The van der Waals surface area contributed by atoms with E-state index in [9.17, 15) is 4.39 Å². The third-order valence-electron chi connectivity index (χ3n) is 3.09. The maximum Gasteiger partial charge on any atom is 0.166 e. The number of nitrogens with one attached hydrogen (secondary N) is 2. The maximum absolute atomic E-state index is 13.7. The maximum atomic E-state index is 13.7. The molecule has 1 atom stereocenters. The fraction of sp³-hybridized carbons (Fsp3) is 0.533. The van der Waals surface area contributed by atoms with Crippen LogP contribution in [0.4, 0.5) is 4.39 Å². The van der Waals surface area contributed by atoms with Gasteiger partial charge in [0.25, 0.3) is 0 Å². The first-order valence-electron chi connectivity index (χ1n) is 6.96. The molecule has 2 N–H and O–H groups in total. The molecule has 0 radical (unpaired) electrons. The summed E-state index contributed by atoms with van der Waals surface area (Å²) in [6, 6.07) is 4.84. The molecule has 0 spiro atoms. The second kappa shape index (κ2) is 8.79. The second-order valence-corrected chi connectivity index (χ2v) is 5.58. The first kappa shape index (κ1) is 17.7. The Morgan fingerprint density at radius 1 is 1.43 bits per heavy atom. The quantitative estimate of drug-likeness (QED) is 0.597. The number of ether oxygens (including phenoxy) is 1. The second-order valence-electron chi connectivity index (χ2n) is 5.17. The molecule has 0 aliphatic carbocycles. The van der Waals surface area contributed by atoms with E-state index >= 15 is 0 Å². The zero-order valence-electron chi connectivity index (χ0n) is 13.1. The molecule has 0 amide bonds. The van der Waals surface area contributed by atoms with Crippen molar-refractivity contribution in [2.75, 3.05) is 34.3 Å². The number of rotatable bonds is 7. The Balaban J connectivity index is 2.43. The van der Waals surface area contributed by atoms with Gasteiger partial charge in [-0.3, -0.25) is 0 Å². The van der Waals surface area contributed by atoms with Crippen molar-refractivity contribution in [3.8, 4) is 5.75 Å². The molecular formula is C15H24FN3OS. The van der Waals surface area contributed by atoms with Crippen LogP contribution < -0.4 is 15.4 Å². The Hall–Kier alpha value is -1.40. The minimum atomic E-state index is -0.367. The molecule has 1 aromatic carbocycles.